The molecule has 7 heteroatoms. The summed E-state index contributed by atoms with van der Waals surface area (Å²) in [6.45, 7) is 1.66. The lowest BCUT2D eigenvalue weighted by Crippen LogP contribution is -2.23. The van der Waals surface area contributed by atoms with E-state index in [1.54, 1.807) is 13.0 Å². The molecule has 0 saturated carbocycles. The van der Waals surface area contributed by atoms with Crippen LogP contribution in [0.4, 0.5) is 0 Å². The normalized spacial score (nSPS) is 26.4. The van der Waals surface area contributed by atoms with E-state index < -0.39 is 30.1 Å². The van der Waals surface area contributed by atoms with E-state index in [1.807, 2.05) is 0 Å². The fraction of sp³-hybridized carbons (Fsp3) is 0.474. The van der Waals surface area contributed by atoms with Crippen LogP contribution in [0.1, 0.15) is 42.1 Å². The van der Waals surface area contributed by atoms with E-state index in [1.165, 1.54) is 25.3 Å². The molecule has 0 aliphatic carbocycles. The Bertz CT molecular complexity index is 695. The minimum atomic E-state index is -1.19. The summed E-state index contributed by atoms with van der Waals surface area (Å²) >= 11 is 0. The first-order valence-corrected chi connectivity index (χ1v) is 8.49. The number of ketones is 1. The number of phenols is 1. The zero-order chi connectivity index (χ0) is 19.3. The van der Waals surface area contributed by atoms with Gasteiger partial charge in [0.2, 0.25) is 0 Å². The maximum Gasteiger partial charge on any atom is 0.342 e. The van der Waals surface area contributed by atoms with Crippen molar-refractivity contribution in [3.8, 4) is 11.5 Å². The molecule has 3 atom stereocenters. The molecule has 0 unspecified atom stereocenters. The van der Waals surface area contributed by atoms with Gasteiger partial charge in [0.05, 0.1) is 13.2 Å². The quantitative estimate of drug-likeness (QED) is 0.648. The van der Waals surface area contributed by atoms with Crippen LogP contribution in [0.2, 0.25) is 0 Å². The molecule has 0 radical (unpaired) electrons. The van der Waals surface area contributed by atoms with E-state index in [0.29, 0.717) is 17.7 Å². The maximum atomic E-state index is 12.5. The minimum Gasteiger partial charge on any atom is -0.507 e. The Morgan fingerprint density at radius 2 is 1.92 bits per heavy atom. The summed E-state index contributed by atoms with van der Waals surface area (Å²) in [4.78, 5) is 24.3. The number of carbonyl (C=O) groups is 2. The van der Waals surface area contributed by atoms with Crippen molar-refractivity contribution in [3.05, 3.63) is 35.4 Å². The number of fused-ring (bicyclic) bond motifs is 1. The molecule has 7 nitrogen and oxygen atoms in total. The highest BCUT2D eigenvalue weighted by Crippen LogP contribution is 2.30. The number of esters is 1. The first kappa shape index (κ1) is 19.9. The summed E-state index contributed by atoms with van der Waals surface area (Å²) in [7, 11) is 1.43. The van der Waals surface area contributed by atoms with Gasteiger partial charge in [0.25, 0.3) is 0 Å². The van der Waals surface area contributed by atoms with E-state index in [4.69, 9.17) is 9.47 Å². The van der Waals surface area contributed by atoms with Crippen LogP contribution in [-0.2, 0) is 16.0 Å². The third kappa shape index (κ3) is 5.06. The van der Waals surface area contributed by atoms with Gasteiger partial charge in [0, 0.05) is 12.5 Å². The molecule has 1 aliphatic rings. The summed E-state index contributed by atoms with van der Waals surface area (Å²) in [5.74, 6) is -1.11. The smallest absolute Gasteiger partial charge is 0.342 e. The third-order valence-corrected chi connectivity index (χ3v) is 4.23. The SMILES string of the molecule is COc1cc(O)c2c(c1)C[C@H](O)CC[C@H](O)C(=O)/C=C\C[C@H](C)OC2=O. The fourth-order valence-electron chi connectivity index (χ4n) is 2.80. The first-order chi connectivity index (χ1) is 12.3. The average Bonchev–Trinajstić information content (AvgIpc) is 2.58. The van der Waals surface area contributed by atoms with Crippen molar-refractivity contribution in [1.82, 2.24) is 0 Å². The van der Waals surface area contributed by atoms with Gasteiger partial charge in [0.15, 0.2) is 5.78 Å². The largest absolute Gasteiger partial charge is 0.507 e. The van der Waals surface area contributed by atoms with Crippen molar-refractivity contribution in [2.75, 3.05) is 7.11 Å². The molecule has 0 spiro atoms. The van der Waals surface area contributed by atoms with Crippen LogP contribution in [0.3, 0.4) is 0 Å². The minimum absolute atomic E-state index is 0.0191. The number of cyclic esters (lactones) is 1. The lowest BCUT2D eigenvalue weighted by Gasteiger charge is -2.19. The van der Waals surface area contributed by atoms with Crippen LogP contribution in [0.25, 0.3) is 0 Å². The number of aliphatic hydroxyl groups is 2. The first-order valence-electron chi connectivity index (χ1n) is 8.49. The van der Waals surface area contributed by atoms with Crippen molar-refractivity contribution >= 4 is 11.8 Å². The Kier molecular flexibility index (Phi) is 6.76. The number of methoxy groups -OCH3 is 1. The predicted molar refractivity (Wildman–Crippen MR) is 93.3 cm³/mol. The van der Waals surface area contributed by atoms with Crippen LogP contribution in [0.15, 0.2) is 24.3 Å². The Hall–Kier alpha value is -2.38. The highest BCUT2D eigenvalue weighted by molar-refractivity contribution is 5.95. The van der Waals surface area contributed by atoms with Gasteiger partial charge < -0.3 is 24.8 Å². The second-order valence-corrected chi connectivity index (χ2v) is 6.39. The molecule has 3 N–H and O–H groups in total. The Morgan fingerprint density at radius 3 is 2.62 bits per heavy atom. The number of ether oxygens (including phenoxy) is 2. The van der Waals surface area contributed by atoms with Crippen LogP contribution >= 0.6 is 0 Å². The summed E-state index contributed by atoms with van der Waals surface area (Å²) < 4.78 is 10.4. The molecule has 142 valence electrons. The zero-order valence-electron chi connectivity index (χ0n) is 14.8. The molecule has 1 aromatic carbocycles. The standard InChI is InChI=1S/C19H24O7/c1-11-4-3-5-15(21)16(22)7-6-13(20)8-12-9-14(25-2)10-17(23)18(12)19(24)26-11/h3,5,9-11,13,16,20,22-23H,4,6-8H2,1-2H3/b5-3-/t11-,13+,16-/m0/s1. The molecule has 0 amide bonds. The number of aromatic hydroxyl groups is 1. The fourth-order valence-corrected chi connectivity index (χ4v) is 2.80. The lowest BCUT2D eigenvalue weighted by molar-refractivity contribution is -0.122. The molecule has 0 aromatic heterocycles. The number of phenolic OH excluding ortho intramolecular Hbond substituents is 1. The van der Waals surface area contributed by atoms with Gasteiger partial charge in [0.1, 0.15) is 29.3 Å². The van der Waals surface area contributed by atoms with Gasteiger partial charge in [-0.1, -0.05) is 6.08 Å². The van der Waals surface area contributed by atoms with Gasteiger partial charge in [-0.15, -0.1) is 0 Å². The van der Waals surface area contributed by atoms with Crippen LogP contribution in [0, 0.1) is 0 Å². The summed E-state index contributed by atoms with van der Waals surface area (Å²) in [6, 6.07) is 2.86. The number of hydrogen-bond donors (Lipinski definition) is 3. The van der Waals surface area contributed by atoms with E-state index in [9.17, 15) is 24.9 Å². The van der Waals surface area contributed by atoms with Crippen molar-refractivity contribution in [1.29, 1.82) is 0 Å². The number of rotatable bonds is 1. The van der Waals surface area contributed by atoms with Crippen molar-refractivity contribution in [2.45, 2.75) is 50.9 Å². The maximum absolute atomic E-state index is 12.5. The molecule has 2 rings (SSSR count). The molecular formula is C19H24O7. The predicted octanol–water partition coefficient (Wildman–Crippen LogP) is 1.52. The number of hydrogen-bond acceptors (Lipinski definition) is 7. The molecule has 0 fully saturated rings. The van der Waals surface area contributed by atoms with Gasteiger partial charge in [-0.3, -0.25) is 4.79 Å². The summed E-state index contributed by atoms with van der Waals surface area (Å²) in [6.07, 6.45) is 0.716. The summed E-state index contributed by atoms with van der Waals surface area (Å²) in [5, 5.41) is 30.4. The third-order valence-electron chi connectivity index (χ3n) is 4.23. The number of benzene rings is 1. The highest BCUT2D eigenvalue weighted by atomic mass is 16.5. The second-order valence-electron chi connectivity index (χ2n) is 6.39. The Labute approximate surface area is 151 Å². The molecular weight excluding hydrogens is 340 g/mol. The summed E-state index contributed by atoms with van der Waals surface area (Å²) in [5.41, 5.74) is 0.356. The molecule has 1 aliphatic heterocycles. The Balaban J connectivity index is 2.39. The number of carbonyl (C=O) groups excluding carboxylic acids is 2. The van der Waals surface area contributed by atoms with Crippen LogP contribution in [0.5, 0.6) is 11.5 Å². The molecule has 1 heterocycles. The molecule has 0 saturated heterocycles. The molecule has 26 heavy (non-hydrogen) atoms. The number of aliphatic hydroxyl groups excluding tert-OH is 2. The molecule has 1 aromatic rings. The van der Waals surface area contributed by atoms with E-state index in [2.05, 4.69) is 0 Å². The monoisotopic (exact) mass is 364 g/mol. The van der Waals surface area contributed by atoms with E-state index in [-0.39, 0.29) is 30.6 Å². The average molecular weight is 364 g/mol. The second kappa shape index (κ2) is 8.82. The Morgan fingerprint density at radius 1 is 1.19 bits per heavy atom. The molecule has 0 bridgehead atoms. The zero-order valence-corrected chi connectivity index (χ0v) is 14.8. The van der Waals surface area contributed by atoms with Crippen molar-refractivity contribution in [2.24, 2.45) is 0 Å². The van der Waals surface area contributed by atoms with Gasteiger partial charge in [-0.05, 0) is 43.9 Å². The van der Waals surface area contributed by atoms with E-state index in [0.717, 1.165) is 0 Å². The van der Waals surface area contributed by atoms with Crippen molar-refractivity contribution < 1.29 is 34.4 Å². The van der Waals surface area contributed by atoms with Crippen LogP contribution in [-0.4, -0.2) is 52.5 Å². The van der Waals surface area contributed by atoms with Gasteiger partial charge in [-0.25, -0.2) is 4.79 Å². The van der Waals surface area contributed by atoms with Crippen molar-refractivity contribution in [3.63, 3.8) is 0 Å². The lowest BCUT2D eigenvalue weighted by atomic mass is 9.96. The van der Waals surface area contributed by atoms with E-state index >= 15 is 0 Å². The van der Waals surface area contributed by atoms with Gasteiger partial charge in [-0.2, -0.15) is 0 Å². The van der Waals surface area contributed by atoms with Gasteiger partial charge >= 0.3 is 5.97 Å². The highest BCUT2D eigenvalue weighted by Gasteiger charge is 2.24. The van der Waals surface area contributed by atoms with Crippen LogP contribution < -0.4 is 4.74 Å². The topological polar surface area (TPSA) is 113 Å².